The molecule has 3 amide bonds. The number of nitrogens with zero attached hydrogens (tertiary/aromatic N) is 1. The van der Waals surface area contributed by atoms with Gasteiger partial charge in [-0.3, -0.25) is 14.4 Å². The largest absolute Gasteiger partial charge is 0.480 e. The lowest BCUT2D eigenvalue weighted by atomic mass is 9.98. The van der Waals surface area contributed by atoms with Crippen molar-refractivity contribution in [1.29, 1.82) is 0 Å². The Bertz CT molecular complexity index is 545. The number of rotatable bonds is 9. The van der Waals surface area contributed by atoms with E-state index in [4.69, 9.17) is 5.73 Å². The number of nitrogens with one attached hydrogen (secondary N) is 2. The van der Waals surface area contributed by atoms with Gasteiger partial charge in [-0.1, -0.05) is 20.3 Å². The molecule has 0 aromatic carbocycles. The third-order valence-electron chi connectivity index (χ3n) is 4.62. The molecule has 0 spiro atoms. The van der Waals surface area contributed by atoms with Crippen LogP contribution in [0.25, 0.3) is 0 Å². The molecule has 0 aliphatic carbocycles. The molecule has 4 atom stereocenters. The van der Waals surface area contributed by atoms with Gasteiger partial charge in [0.25, 0.3) is 0 Å². The quantitative estimate of drug-likeness (QED) is 0.320. The number of likely N-dealkylation sites (tertiary alicyclic amines) is 1. The minimum atomic E-state index is -1.10. The molecule has 1 aliphatic rings. The monoisotopic (exact) mass is 388 g/mol. The molecular weight excluding hydrogens is 360 g/mol. The first kappa shape index (κ1) is 22.2. The van der Waals surface area contributed by atoms with Crippen LogP contribution < -0.4 is 16.4 Å². The van der Waals surface area contributed by atoms with Gasteiger partial charge in [-0.2, -0.15) is 12.6 Å². The van der Waals surface area contributed by atoms with Gasteiger partial charge >= 0.3 is 5.97 Å². The van der Waals surface area contributed by atoms with Crippen molar-refractivity contribution in [3.05, 3.63) is 0 Å². The summed E-state index contributed by atoms with van der Waals surface area (Å²) in [5.41, 5.74) is 5.25. The lowest BCUT2D eigenvalue weighted by Crippen LogP contribution is -2.57. The topological polar surface area (TPSA) is 142 Å². The van der Waals surface area contributed by atoms with Gasteiger partial charge in [-0.25, -0.2) is 4.79 Å². The van der Waals surface area contributed by atoms with Gasteiger partial charge in [0.05, 0.1) is 6.54 Å². The number of carboxylic acids is 1. The van der Waals surface area contributed by atoms with Crippen LogP contribution in [0.1, 0.15) is 33.1 Å². The van der Waals surface area contributed by atoms with Gasteiger partial charge in [-0.05, 0) is 18.8 Å². The molecule has 1 heterocycles. The zero-order valence-corrected chi connectivity index (χ0v) is 16.0. The highest BCUT2D eigenvalue weighted by molar-refractivity contribution is 7.80. The summed E-state index contributed by atoms with van der Waals surface area (Å²) >= 11 is 4.08. The number of carboxylic acid groups (broad SMARTS) is 1. The summed E-state index contributed by atoms with van der Waals surface area (Å²) < 4.78 is 0. The summed E-state index contributed by atoms with van der Waals surface area (Å²) in [6, 6.07) is -2.65. The molecule has 1 aliphatic heterocycles. The van der Waals surface area contributed by atoms with E-state index in [2.05, 4.69) is 23.3 Å². The first-order chi connectivity index (χ1) is 12.3. The Morgan fingerprint density at radius 2 is 1.96 bits per heavy atom. The van der Waals surface area contributed by atoms with Crippen LogP contribution in [0.4, 0.5) is 0 Å². The zero-order valence-electron chi connectivity index (χ0n) is 15.1. The zero-order chi connectivity index (χ0) is 19.9. The van der Waals surface area contributed by atoms with Crippen molar-refractivity contribution in [3.63, 3.8) is 0 Å². The second-order valence-electron chi connectivity index (χ2n) is 6.41. The van der Waals surface area contributed by atoms with Crippen LogP contribution in [0.2, 0.25) is 0 Å². The summed E-state index contributed by atoms with van der Waals surface area (Å²) in [4.78, 5) is 49.5. The van der Waals surface area contributed by atoms with E-state index in [1.807, 2.05) is 6.92 Å². The van der Waals surface area contributed by atoms with Gasteiger partial charge in [-0.15, -0.1) is 0 Å². The number of nitrogens with two attached hydrogens (primary N) is 1. The van der Waals surface area contributed by atoms with Gasteiger partial charge in [0.2, 0.25) is 17.7 Å². The molecule has 0 aromatic heterocycles. The van der Waals surface area contributed by atoms with E-state index in [0.717, 1.165) is 0 Å². The molecule has 148 valence electrons. The van der Waals surface area contributed by atoms with E-state index in [0.29, 0.717) is 25.8 Å². The minimum Gasteiger partial charge on any atom is -0.480 e. The van der Waals surface area contributed by atoms with Gasteiger partial charge in [0.1, 0.15) is 18.1 Å². The highest BCUT2D eigenvalue weighted by Gasteiger charge is 2.39. The fraction of sp³-hybridized carbons (Fsp3) is 0.750. The number of carbonyl (C=O) groups is 4. The highest BCUT2D eigenvalue weighted by atomic mass is 32.1. The number of hydrogen-bond acceptors (Lipinski definition) is 6. The molecule has 10 heteroatoms. The van der Waals surface area contributed by atoms with E-state index >= 15 is 0 Å². The Kier molecular flexibility index (Phi) is 8.86. The standard InChI is InChI=1S/C16H28N4O5S/c1-3-9(2)13(16(24)25)19-14(22)11-5-4-6-20(11)15(23)10(8-26)18-12(21)7-17/h9-11,13,26H,3-8,17H2,1-2H3,(H,18,21)(H,19,22)(H,24,25). The molecule has 4 unspecified atom stereocenters. The van der Waals surface area contributed by atoms with Crippen LogP contribution in [0.15, 0.2) is 0 Å². The summed E-state index contributed by atoms with van der Waals surface area (Å²) in [6.45, 7) is 3.70. The number of amides is 3. The number of hydrogen-bond donors (Lipinski definition) is 5. The molecular formula is C16H28N4O5S. The van der Waals surface area contributed by atoms with Gasteiger partial charge in [0, 0.05) is 12.3 Å². The number of aliphatic carboxylic acids is 1. The summed E-state index contributed by atoms with van der Waals surface area (Å²) in [5.74, 6) is -2.68. The Balaban J connectivity index is 2.85. The van der Waals surface area contributed by atoms with E-state index in [1.165, 1.54) is 4.90 Å². The van der Waals surface area contributed by atoms with Crippen molar-refractivity contribution in [2.75, 3.05) is 18.8 Å². The van der Waals surface area contributed by atoms with Crippen molar-refractivity contribution in [2.24, 2.45) is 11.7 Å². The van der Waals surface area contributed by atoms with Crippen molar-refractivity contribution >= 4 is 36.3 Å². The summed E-state index contributed by atoms with van der Waals surface area (Å²) in [6.07, 6.45) is 1.65. The molecule has 1 rings (SSSR count). The Labute approximate surface area is 158 Å². The summed E-state index contributed by atoms with van der Waals surface area (Å²) in [7, 11) is 0. The Hall–Kier alpha value is -1.81. The van der Waals surface area contributed by atoms with Gasteiger partial charge < -0.3 is 26.4 Å². The molecule has 9 nitrogen and oxygen atoms in total. The SMILES string of the molecule is CCC(C)C(NC(=O)C1CCCN1C(=O)C(CS)NC(=O)CN)C(=O)O. The Morgan fingerprint density at radius 3 is 2.46 bits per heavy atom. The molecule has 1 saturated heterocycles. The second-order valence-corrected chi connectivity index (χ2v) is 6.77. The normalized spacial score (nSPS) is 20.2. The maximum atomic E-state index is 12.7. The van der Waals surface area contributed by atoms with Crippen LogP contribution in [0, 0.1) is 5.92 Å². The third kappa shape index (κ3) is 5.60. The van der Waals surface area contributed by atoms with Crippen molar-refractivity contribution in [1.82, 2.24) is 15.5 Å². The smallest absolute Gasteiger partial charge is 0.326 e. The van der Waals surface area contributed by atoms with Crippen LogP contribution in [0.5, 0.6) is 0 Å². The summed E-state index contributed by atoms with van der Waals surface area (Å²) in [5, 5.41) is 14.4. The third-order valence-corrected chi connectivity index (χ3v) is 4.98. The fourth-order valence-electron chi connectivity index (χ4n) is 2.87. The van der Waals surface area contributed by atoms with Crippen molar-refractivity contribution in [2.45, 2.75) is 51.2 Å². The lowest BCUT2D eigenvalue weighted by molar-refractivity contribution is -0.145. The maximum Gasteiger partial charge on any atom is 0.326 e. The molecule has 0 radical (unpaired) electrons. The minimum absolute atomic E-state index is 0.0695. The van der Waals surface area contributed by atoms with Crippen LogP contribution in [0.3, 0.4) is 0 Å². The molecule has 26 heavy (non-hydrogen) atoms. The molecule has 5 N–H and O–H groups in total. The maximum absolute atomic E-state index is 12.7. The first-order valence-corrected chi connectivity index (χ1v) is 9.33. The number of thiol groups is 1. The molecule has 0 saturated carbocycles. The fourth-order valence-corrected chi connectivity index (χ4v) is 3.12. The lowest BCUT2D eigenvalue weighted by Gasteiger charge is -2.29. The average molecular weight is 388 g/mol. The van der Waals surface area contributed by atoms with Crippen LogP contribution in [-0.4, -0.2) is 70.7 Å². The Morgan fingerprint density at radius 1 is 1.31 bits per heavy atom. The molecule has 0 bridgehead atoms. The predicted octanol–water partition coefficient (Wildman–Crippen LogP) is -1.03. The second kappa shape index (κ2) is 10.4. The van der Waals surface area contributed by atoms with Gasteiger partial charge in [0.15, 0.2) is 0 Å². The van der Waals surface area contributed by atoms with E-state index in [9.17, 15) is 24.3 Å². The number of carbonyl (C=O) groups excluding carboxylic acids is 3. The van der Waals surface area contributed by atoms with E-state index < -0.39 is 41.8 Å². The average Bonchev–Trinajstić information content (AvgIpc) is 3.11. The highest BCUT2D eigenvalue weighted by Crippen LogP contribution is 2.20. The van der Waals surface area contributed by atoms with Crippen molar-refractivity contribution in [3.8, 4) is 0 Å². The predicted molar refractivity (Wildman–Crippen MR) is 98.6 cm³/mol. The van der Waals surface area contributed by atoms with Crippen LogP contribution in [-0.2, 0) is 19.2 Å². The van der Waals surface area contributed by atoms with Crippen LogP contribution >= 0.6 is 12.6 Å². The van der Waals surface area contributed by atoms with Crippen molar-refractivity contribution < 1.29 is 24.3 Å². The van der Waals surface area contributed by atoms with E-state index in [1.54, 1.807) is 6.92 Å². The first-order valence-electron chi connectivity index (χ1n) is 8.70. The molecule has 0 aromatic rings. The molecule has 1 fully saturated rings. The van der Waals surface area contributed by atoms with E-state index in [-0.39, 0.29) is 18.2 Å².